The number of hydrogen-bond donors (Lipinski definition) is 3. The van der Waals surface area contributed by atoms with Gasteiger partial charge in [-0.15, -0.1) is 6.58 Å². The number of benzene rings is 6. The van der Waals surface area contributed by atoms with Crippen molar-refractivity contribution in [3.8, 4) is 23.0 Å². The molecule has 6 aromatic rings. The fourth-order valence-electron chi connectivity index (χ4n) is 11.5. The van der Waals surface area contributed by atoms with Crippen molar-refractivity contribution in [3.63, 3.8) is 0 Å². The van der Waals surface area contributed by atoms with Crippen molar-refractivity contribution in [2.24, 2.45) is 22.9 Å². The van der Waals surface area contributed by atoms with Gasteiger partial charge in [0, 0.05) is 61.9 Å². The number of carbonyl (C=O) groups excluding carboxylic acids is 2. The predicted molar refractivity (Wildman–Crippen MR) is 302 cm³/mol. The molecule has 3 aliphatic rings. The third-order valence-corrected chi connectivity index (χ3v) is 15.2. The number of amides is 2. The van der Waals surface area contributed by atoms with Crippen LogP contribution in [0.5, 0.6) is 23.0 Å². The number of aliphatic hydroxyl groups excluding tert-OH is 2. The number of rotatable bonds is 24. The van der Waals surface area contributed by atoms with Gasteiger partial charge in [-0.2, -0.15) is 0 Å². The Morgan fingerprint density at radius 3 is 2.37 bits per heavy atom. The van der Waals surface area contributed by atoms with Gasteiger partial charge in [0.25, 0.3) is 5.69 Å². The number of non-ortho nitro benzene ring substituents is 1. The summed E-state index contributed by atoms with van der Waals surface area (Å²) in [4.78, 5) is 48.7. The molecule has 1 saturated carbocycles. The van der Waals surface area contributed by atoms with Gasteiger partial charge in [0.2, 0.25) is 11.7 Å². The molecule has 16 heteroatoms. The Balaban J connectivity index is 1.24. The highest BCUT2D eigenvalue weighted by molar-refractivity contribution is 6.03. The van der Waals surface area contributed by atoms with E-state index >= 15 is 4.79 Å². The Hall–Kier alpha value is -8.31. The second kappa shape index (κ2) is 25.9. The van der Waals surface area contributed by atoms with E-state index in [0.717, 1.165) is 45.9 Å². The molecular weight excluding hydrogens is 1000 g/mol. The van der Waals surface area contributed by atoms with E-state index in [-0.39, 0.29) is 68.6 Å². The fourth-order valence-corrected chi connectivity index (χ4v) is 11.5. The number of ether oxygens (including phenoxy) is 5. The zero-order valence-corrected chi connectivity index (χ0v) is 44.4. The molecule has 1 heterocycles. The Morgan fingerprint density at radius 2 is 1.62 bits per heavy atom. The van der Waals surface area contributed by atoms with E-state index < -0.39 is 34.7 Å². The number of fused-ring (bicyclic) bond motifs is 3. The number of hydrogen-bond acceptors (Lipinski definition) is 13. The summed E-state index contributed by atoms with van der Waals surface area (Å²) in [6, 6.07) is 39.1. The lowest BCUT2D eigenvalue weighted by molar-refractivity contribution is -0.384. The molecule has 9 rings (SSSR count). The number of nitro groups is 1. The van der Waals surface area contributed by atoms with Crippen LogP contribution < -0.4 is 24.3 Å². The van der Waals surface area contributed by atoms with Gasteiger partial charge in [-0.1, -0.05) is 103 Å². The summed E-state index contributed by atoms with van der Waals surface area (Å²) in [6.45, 7) is 4.42. The Kier molecular flexibility index (Phi) is 18.2. The number of unbranched alkanes of at least 4 members (excludes halogenated alkanes) is 2. The SMILES string of the molecule is C=CCO[C@@]12Oc3ccc(OC(=O)Nc4ccc(OC)cc4OC)cc3[C@H]3[C@H](CCCCO)[C@@H](CCCCO)C=C(C(=NOCc4ccccc4)C[C@@H]1N(Cc1cccc4ccccc14)C(=O)C=Cc1ccc([N+](=O)[O-])cc1)[C@H]32. The molecule has 6 aromatic carbocycles. The average molecular weight is 1070 g/mol. The second-order valence-corrected chi connectivity index (χ2v) is 19.9. The molecule has 0 bridgehead atoms. The van der Waals surface area contributed by atoms with Crippen molar-refractivity contribution in [1.82, 2.24) is 4.90 Å². The molecule has 0 radical (unpaired) electrons. The van der Waals surface area contributed by atoms with Crippen LogP contribution in [0.25, 0.3) is 16.8 Å². The van der Waals surface area contributed by atoms with E-state index in [4.69, 9.17) is 33.7 Å². The van der Waals surface area contributed by atoms with Gasteiger partial charge in [0.15, 0.2) is 0 Å². The zero-order chi connectivity index (χ0) is 55.3. The molecule has 1 aliphatic heterocycles. The first-order valence-electron chi connectivity index (χ1n) is 26.7. The smallest absolute Gasteiger partial charge is 0.417 e. The molecular formula is C63H66N4O12. The fraction of sp³-hybridized carbons (Fsp3) is 0.317. The van der Waals surface area contributed by atoms with Crippen LogP contribution in [0.15, 0.2) is 169 Å². The van der Waals surface area contributed by atoms with Crippen LogP contribution in [0.2, 0.25) is 0 Å². The molecule has 16 nitrogen and oxygen atoms in total. The maximum absolute atomic E-state index is 15.6. The van der Waals surface area contributed by atoms with Crippen molar-refractivity contribution in [3.05, 3.63) is 196 Å². The third-order valence-electron chi connectivity index (χ3n) is 15.2. The summed E-state index contributed by atoms with van der Waals surface area (Å²) in [6.07, 6.45) is 10.4. The molecule has 0 aromatic heterocycles. The summed E-state index contributed by atoms with van der Waals surface area (Å²) in [7, 11) is 3.03. The largest absolute Gasteiger partial charge is 0.497 e. The zero-order valence-electron chi connectivity index (χ0n) is 44.4. The highest BCUT2D eigenvalue weighted by atomic mass is 16.7. The van der Waals surface area contributed by atoms with Crippen molar-refractivity contribution >= 4 is 45.9 Å². The van der Waals surface area contributed by atoms with Crippen molar-refractivity contribution in [2.75, 3.05) is 39.4 Å². The van der Waals surface area contributed by atoms with Gasteiger partial charge in [0.1, 0.15) is 35.6 Å². The van der Waals surface area contributed by atoms with Crippen LogP contribution in [0.3, 0.4) is 0 Å². The van der Waals surface area contributed by atoms with Gasteiger partial charge in [-0.3, -0.25) is 20.2 Å². The minimum absolute atomic E-state index is 0.00547. The lowest BCUT2D eigenvalue weighted by Gasteiger charge is -2.60. The molecule has 3 N–H and O–H groups in total. The van der Waals surface area contributed by atoms with Crippen LogP contribution in [0.4, 0.5) is 16.2 Å². The van der Waals surface area contributed by atoms with Gasteiger partial charge in [-0.25, -0.2) is 4.79 Å². The minimum atomic E-state index is -1.63. The molecule has 79 heavy (non-hydrogen) atoms. The number of aliphatic hydroxyl groups is 2. The van der Waals surface area contributed by atoms with Crippen LogP contribution in [-0.4, -0.2) is 83.6 Å². The Bertz CT molecular complexity index is 3210. The molecule has 0 unspecified atom stereocenters. The highest BCUT2D eigenvalue weighted by Crippen LogP contribution is 2.62. The van der Waals surface area contributed by atoms with Crippen molar-refractivity contribution < 1.29 is 53.2 Å². The molecule has 6 atom stereocenters. The first-order chi connectivity index (χ1) is 38.6. The summed E-state index contributed by atoms with van der Waals surface area (Å²) in [5.41, 5.74) is 4.81. The Labute approximate surface area is 459 Å². The van der Waals surface area contributed by atoms with Crippen molar-refractivity contribution in [1.29, 1.82) is 0 Å². The maximum Gasteiger partial charge on any atom is 0.417 e. The van der Waals surface area contributed by atoms with Crippen LogP contribution in [0.1, 0.15) is 73.1 Å². The van der Waals surface area contributed by atoms with E-state index in [2.05, 4.69) is 18.0 Å². The highest BCUT2D eigenvalue weighted by Gasteiger charge is 2.65. The van der Waals surface area contributed by atoms with E-state index in [1.807, 2.05) is 78.9 Å². The van der Waals surface area contributed by atoms with Gasteiger partial charge in [-0.05, 0) is 119 Å². The van der Waals surface area contributed by atoms with Crippen LogP contribution in [-0.2, 0) is 27.5 Å². The number of nitrogens with zero attached hydrogens (tertiary/aromatic N) is 3. The lowest BCUT2D eigenvalue weighted by atomic mass is 9.55. The molecule has 0 spiro atoms. The summed E-state index contributed by atoms with van der Waals surface area (Å²) in [5, 5.41) is 41.6. The van der Waals surface area contributed by atoms with Crippen molar-refractivity contribution in [2.45, 2.75) is 75.8 Å². The topological polar surface area (TPSA) is 201 Å². The summed E-state index contributed by atoms with van der Waals surface area (Å²) >= 11 is 0. The number of oxime groups is 1. The first-order valence-corrected chi connectivity index (χ1v) is 26.7. The number of nitrogens with one attached hydrogen (secondary N) is 1. The molecule has 2 amide bonds. The maximum atomic E-state index is 15.6. The number of allylic oxidation sites excluding steroid dienone is 1. The second-order valence-electron chi connectivity index (χ2n) is 19.9. The van der Waals surface area contributed by atoms with Crippen LogP contribution >= 0.6 is 0 Å². The monoisotopic (exact) mass is 1070 g/mol. The standard InChI is InChI=1S/C63H66N4O12/c1-4-35-76-63-58(66(40-46-20-14-19-44-17-8-9-21-50(44)46)59(70)32-25-42-23-26-47(27-24-42)67(72)73)39-55(65-77-41-43-15-6-5-7-16-43)52-36-45(18-10-12-33-68)51(22-11-13-34-69)60(61(52)63)53-37-49(29-31-56(53)79-63)78-62(71)64-54-30-28-48(74-2)38-57(54)75-3/h4-9,14-17,19-21,23-32,36-38,45,51,58,60-61,68-69H,1,10-13,18,22,33-35,39-41H2,2-3H3,(H,64,71)/t45-,51+,58-,60+,61+,63+/m0/s1. The Morgan fingerprint density at radius 1 is 0.873 bits per heavy atom. The normalized spacial score (nSPS) is 20.5. The van der Waals surface area contributed by atoms with E-state index in [0.29, 0.717) is 59.9 Å². The molecule has 410 valence electrons. The minimum Gasteiger partial charge on any atom is -0.497 e. The number of carbonyl (C=O) groups is 2. The van der Waals surface area contributed by atoms with E-state index in [1.54, 1.807) is 59.5 Å². The summed E-state index contributed by atoms with van der Waals surface area (Å²) in [5.74, 6) is -1.72. The number of nitro benzene ring substituents is 1. The quantitative estimate of drug-likeness (QED) is 0.0170. The van der Waals surface area contributed by atoms with Gasteiger partial charge in [0.05, 0.1) is 43.1 Å². The van der Waals surface area contributed by atoms with Crippen LogP contribution in [0, 0.1) is 27.9 Å². The first kappa shape index (κ1) is 55.4. The van der Waals surface area contributed by atoms with Gasteiger partial charge < -0.3 is 43.6 Å². The third kappa shape index (κ3) is 12.5. The molecule has 2 aliphatic carbocycles. The average Bonchev–Trinajstić information content (AvgIpc) is 3.60. The van der Waals surface area contributed by atoms with Gasteiger partial charge >= 0.3 is 6.09 Å². The summed E-state index contributed by atoms with van der Waals surface area (Å²) < 4.78 is 31.8. The number of methoxy groups -OCH3 is 2. The lowest BCUT2D eigenvalue weighted by Crippen LogP contribution is -2.70. The molecule has 1 fully saturated rings. The predicted octanol–water partition coefficient (Wildman–Crippen LogP) is 12.0. The van der Waals surface area contributed by atoms with E-state index in [9.17, 15) is 25.1 Å². The molecule has 0 saturated heterocycles. The number of anilines is 1. The van der Waals surface area contributed by atoms with E-state index in [1.165, 1.54) is 32.4 Å².